The van der Waals surface area contributed by atoms with Crippen LogP contribution in [0.3, 0.4) is 0 Å². The summed E-state index contributed by atoms with van der Waals surface area (Å²) in [5.41, 5.74) is 2.47. The van der Waals surface area contributed by atoms with Crippen molar-refractivity contribution in [3.63, 3.8) is 0 Å². The number of hydrogen-bond donors (Lipinski definition) is 3. The van der Waals surface area contributed by atoms with Crippen LogP contribution in [0.4, 0.5) is 11.6 Å². The molecule has 0 aliphatic carbocycles. The molecule has 0 aliphatic heterocycles. The zero-order valence-corrected chi connectivity index (χ0v) is 9.47. The fraction of sp³-hybridized carbons (Fsp3) is 0.556. The van der Waals surface area contributed by atoms with Crippen LogP contribution in [-0.4, -0.2) is 42.4 Å². The molecule has 0 amide bonds. The van der Waals surface area contributed by atoms with Crippen molar-refractivity contribution >= 4 is 11.6 Å². The quantitative estimate of drug-likeness (QED) is 0.438. The third kappa shape index (κ3) is 3.30. The van der Waals surface area contributed by atoms with Gasteiger partial charge < -0.3 is 20.2 Å². The van der Waals surface area contributed by atoms with Gasteiger partial charge in [0.25, 0.3) is 0 Å². The summed E-state index contributed by atoms with van der Waals surface area (Å²) in [5, 5.41) is 8.85. The second kappa shape index (κ2) is 6.21. The van der Waals surface area contributed by atoms with Gasteiger partial charge in [0.05, 0.1) is 6.61 Å². The van der Waals surface area contributed by atoms with Gasteiger partial charge in [0.15, 0.2) is 5.82 Å². The van der Waals surface area contributed by atoms with Crippen molar-refractivity contribution in [2.45, 2.75) is 6.61 Å². The normalized spacial score (nSPS) is 10.2. The molecule has 0 fully saturated rings. The molecule has 0 saturated heterocycles. The average Bonchev–Trinajstić information content (AvgIpc) is 2.29. The minimum absolute atomic E-state index is 0.0610. The second-order valence-electron chi connectivity index (χ2n) is 3.25. The van der Waals surface area contributed by atoms with Gasteiger partial charge in [-0.25, -0.2) is 15.8 Å². The van der Waals surface area contributed by atoms with E-state index in [1.165, 1.54) is 0 Å². The first-order valence-electron chi connectivity index (χ1n) is 4.86. The molecule has 1 aromatic heterocycles. The summed E-state index contributed by atoms with van der Waals surface area (Å²) in [6.45, 7) is 0.869. The molecule has 0 radical (unpaired) electrons. The third-order valence-electron chi connectivity index (χ3n) is 2.01. The Balaban J connectivity index is 2.93. The molecule has 4 N–H and O–H groups in total. The van der Waals surface area contributed by atoms with Gasteiger partial charge in [-0.3, -0.25) is 0 Å². The summed E-state index contributed by atoms with van der Waals surface area (Å²) in [6.07, 6.45) is 0. The molecule has 1 heterocycles. The average molecular weight is 227 g/mol. The minimum atomic E-state index is 0.0610. The van der Waals surface area contributed by atoms with Gasteiger partial charge in [-0.05, 0) is 0 Å². The van der Waals surface area contributed by atoms with Crippen molar-refractivity contribution in [1.82, 2.24) is 9.97 Å². The summed E-state index contributed by atoms with van der Waals surface area (Å²) in [5.74, 6) is 7.05. The number of nitrogen functional groups attached to an aromatic ring is 1. The summed E-state index contributed by atoms with van der Waals surface area (Å²) >= 11 is 0. The van der Waals surface area contributed by atoms with Crippen LogP contribution >= 0.6 is 0 Å². The SMILES string of the molecule is COCc1nc(NN)cc(N(C)CCO)n1. The van der Waals surface area contributed by atoms with Gasteiger partial charge in [-0.2, -0.15) is 0 Å². The maximum Gasteiger partial charge on any atom is 0.158 e. The molecule has 7 nitrogen and oxygen atoms in total. The number of aliphatic hydroxyl groups excluding tert-OH is 1. The number of hydrazine groups is 1. The first-order chi connectivity index (χ1) is 7.71. The Hall–Kier alpha value is -1.44. The lowest BCUT2D eigenvalue weighted by Crippen LogP contribution is -2.23. The molecule has 0 aliphatic rings. The Morgan fingerprint density at radius 3 is 2.88 bits per heavy atom. The van der Waals surface area contributed by atoms with Crippen molar-refractivity contribution in [3.05, 3.63) is 11.9 Å². The summed E-state index contributed by atoms with van der Waals surface area (Å²) < 4.78 is 4.96. The van der Waals surface area contributed by atoms with Gasteiger partial charge in [0.1, 0.15) is 18.2 Å². The highest BCUT2D eigenvalue weighted by Gasteiger charge is 2.07. The molecular formula is C9H17N5O2. The number of ether oxygens (including phenoxy) is 1. The predicted molar refractivity (Wildman–Crippen MR) is 60.9 cm³/mol. The van der Waals surface area contributed by atoms with Gasteiger partial charge >= 0.3 is 0 Å². The van der Waals surface area contributed by atoms with E-state index in [1.807, 2.05) is 11.9 Å². The fourth-order valence-electron chi connectivity index (χ4n) is 1.21. The Morgan fingerprint density at radius 1 is 1.56 bits per heavy atom. The maximum atomic E-state index is 8.85. The van der Waals surface area contributed by atoms with Crippen LogP contribution in [0.1, 0.15) is 5.82 Å². The lowest BCUT2D eigenvalue weighted by molar-refractivity contribution is 0.178. The van der Waals surface area contributed by atoms with Gasteiger partial charge in [-0.15, -0.1) is 0 Å². The Kier molecular flexibility index (Phi) is 4.90. The molecule has 0 unspecified atom stereocenters. The molecule has 16 heavy (non-hydrogen) atoms. The van der Waals surface area contributed by atoms with Crippen LogP contribution in [0.15, 0.2) is 6.07 Å². The number of nitrogens with one attached hydrogen (secondary N) is 1. The van der Waals surface area contributed by atoms with Crippen molar-refractivity contribution in [1.29, 1.82) is 0 Å². The minimum Gasteiger partial charge on any atom is -0.395 e. The molecule has 7 heteroatoms. The molecule has 90 valence electrons. The number of hydrogen-bond acceptors (Lipinski definition) is 7. The number of likely N-dealkylation sites (N-methyl/N-ethyl adjacent to an activating group) is 1. The van der Waals surface area contributed by atoms with E-state index in [0.717, 1.165) is 0 Å². The molecule has 0 spiro atoms. The largest absolute Gasteiger partial charge is 0.395 e. The van der Waals surface area contributed by atoms with E-state index in [0.29, 0.717) is 30.6 Å². The van der Waals surface area contributed by atoms with Crippen LogP contribution in [0, 0.1) is 0 Å². The van der Waals surface area contributed by atoms with E-state index in [2.05, 4.69) is 15.4 Å². The third-order valence-corrected chi connectivity index (χ3v) is 2.01. The number of methoxy groups -OCH3 is 1. The van der Waals surface area contributed by atoms with E-state index in [4.69, 9.17) is 15.7 Å². The predicted octanol–water partition coefficient (Wildman–Crippen LogP) is -0.663. The number of anilines is 2. The first kappa shape index (κ1) is 12.6. The lowest BCUT2D eigenvalue weighted by Gasteiger charge is -2.18. The fourth-order valence-corrected chi connectivity index (χ4v) is 1.21. The number of rotatable bonds is 6. The van der Waals surface area contributed by atoms with E-state index in [-0.39, 0.29) is 6.61 Å². The van der Waals surface area contributed by atoms with Crippen LogP contribution in [-0.2, 0) is 11.3 Å². The second-order valence-corrected chi connectivity index (χ2v) is 3.25. The van der Waals surface area contributed by atoms with Crippen molar-refractivity contribution < 1.29 is 9.84 Å². The van der Waals surface area contributed by atoms with Gasteiger partial charge in [0.2, 0.25) is 0 Å². The molecule has 1 aromatic rings. The highest BCUT2D eigenvalue weighted by atomic mass is 16.5. The van der Waals surface area contributed by atoms with Crippen molar-refractivity contribution in [3.8, 4) is 0 Å². The van der Waals surface area contributed by atoms with Crippen LogP contribution in [0.2, 0.25) is 0 Å². The highest BCUT2D eigenvalue weighted by molar-refractivity contribution is 5.48. The Morgan fingerprint density at radius 2 is 2.31 bits per heavy atom. The van der Waals surface area contributed by atoms with E-state index < -0.39 is 0 Å². The van der Waals surface area contributed by atoms with Crippen LogP contribution < -0.4 is 16.2 Å². The summed E-state index contributed by atoms with van der Waals surface area (Å²) in [6, 6.07) is 1.70. The monoisotopic (exact) mass is 227 g/mol. The van der Waals surface area contributed by atoms with E-state index >= 15 is 0 Å². The summed E-state index contributed by atoms with van der Waals surface area (Å²) in [7, 11) is 3.40. The van der Waals surface area contributed by atoms with E-state index in [9.17, 15) is 0 Å². The number of aliphatic hydroxyl groups is 1. The Bertz CT molecular complexity index is 334. The molecule has 0 saturated carbocycles. The molecule has 0 aromatic carbocycles. The zero-order valence-electron chi connectivity index (χ0n) is 9.47. The topological polar surface area (TPSA) is 96.5 Å². The Labute approximate surface area is 94.2 Å². The standard InChI is InChI=1S/C9H17N5O2/c1-14(3-4-15)9-5-7(13-10)11-8(12-9)6-16-2/h5,15H,3-4,6,10H2,1-2H3,(H,11,12,13). The number of aromatic nitrogens is 2. The number of nitrogens with two attached hydrogens (primary N) is 1. The molecule has 0 bridgehead atoms. The zero-order chi connectivity index (χ0) is 12.0. The van der Waals surface area contributed by atoms with E-state index in [1.54, 1.807) is 13.2 Å². The lowest BCUT2D eigenvalue weighted by atomic mass is 10.4. The highest BCUT2D eigenvalue weighted by Crippen LogP contribution is 2.14. The van der Waals surface area contributed by atoms with Gasteiger partial charge in [0, 0.05) is 26.8 Å². The molecule has 1 rings (SSSR count). The van der Waals surface area contributed by atoms with Crippen molar-refractivity contribution in [2.75, 3.05) is 37.6 Å². The van der Waals surface area contributed by atoms with Gasteiger partial charge in [-0.1, -0.05) is 0 Å². The van der Waals surface area contributed by atoms with Crippen LogP contribution in [0.5, 0.6) is 0 Å². The van der Waals surface area contributed by atoms with Crippen LogP contribution in [0.25, 0.3) is 0 Å². The maximum absolute atomic E-state index is 8.85. The first-order valence-corrected chi connectivity index (χ1v) is 4.86. The molecule has 0 atom stereocenters. The summed E-state index contributed by atoms with van der Waals surface area (Å²) in [4.78, 5) is 10.2. The number of nitrogens with zero attached hydrogens (tertiary/aromatic N) is 3. The molecular weight excluding hydrogens is 210 g/mol. The van der Waals surface area contributed by atoms with Crippen molar-refractivity contribution in [2.24, 2.45) is 5.84 Å². The smallest absolute Gasteiger partial charge is 0.158 e.